The van der Waals surface area contributed by atoms with Crippen molar-refractivity contribution in [2.45, 2.75) is 6.54 Å². The van der Waals surface area contributed by atoms with Crippen LogP contribution in [0.25, 0.3) is 22.0 Å². The SMILES string of the molecule is O=C(O)c1c(-c2cc(Cl)cc(Cl)c2)c2cc(O)ccc2n1Cc1cc2c(cc1Cl)OCO2. The Bertz CT molecular complexity index is 1390. The van der Waals surface area contributed by atoms with Crippen LogP contribution in [0.4, 0.5) is 0 Å². The molecule has 0 aliphatic carbocycles. The molecule has 0 spiro atoms. The lowest BCUT2D eigenvalue weighted by Gasteiger charge is -2.12. The highest BCUT2D eigenvalue weighted by Gasteiger charge is 2.26. The van der Waals surface area contributed by atoms with E-state index >= 15 is 0 Å². The van der Waals surface area contributed by atoms with Gasteiger partial charge in [-0.05, 0) is 53.6 Å². The van der Waals surface area contributed by atoms with Crippen molar-refractivity contribution in [3.63, 3.8) is 0 Å². The molecule has 1 aliphatic heterocycles. The summed E-state index contributed by atoms with van der Waals surface area (Å²) in [5, 5.41) is 22.0. The molecule has 0 unspecified atom stereocenters. The van der Waals surface area contributed by atoms with Crippen LogP contribution in [0.1, 0.15) is 16.1 Å². The van der Waals surface area contributed by atoms with Crippen molar-refractivity contribution in [2.24, 2.45) is 0 Å². The lowest BCUT2D eigenvalue weighted by molar-refractivity contribution is 0.0687. The first-order valence-electron chi connectivity index (χ1n) is 9.45. The van der Waals surface area contributed by atoms with Crippen LogP contribution < -0.4 is 9.47 Å². The zero-order valence-corrected chi connectivity index (χ0v) is 18.5. The summed E-state index contributed by atoms with van der Waals surface area (Å²) < 4.78 is 12.4. The number of halogens is 3. The van der Waals surface area contributed by atoms with E-state index in [1.54, 1.807) is 41.0 Å². The second kappa shape index (κ2) is 7.81. The molecule has 0 atom stereocenters. The molecule has 4 aromatic rings. The van der Waals surface area contributed by atoms with E-state index < -0.39 is 5.97 Å². The number of ether oxygens (including phenoxy) is 2. The van der Waals surface area contributed by atoms with Gasteiger partial charge in [0.05, 0.1) is 6.54 Å². The molecule has 5 rings (SSSR count). The average molecular weight is 491 g/mol. The quantitative estimate of drug-likeness (QED) is 0.344. The molecule has 0 radical (unpaired) electrons. The van der Waals surface area contributed by atoms with Crippen LogP contribution >= 0.6 is 34.8 Å². The number of phenolic OH excluding ortho intramolecular Hbond substituents is 1. The number of rotatable bonds is 4. The van der Waals surface area contributed by atoms with Crippen LogP contribution in [-0.4, -0.2) is 27.5 Å². The number of phenols is 1. The summed E-state index contributed by atoms with van der Waals surface area (Å²) in [6.07, 6.45) is 0. The molecule has 9 heteroatoms. The monoisotopic (exact) mass is 489 g/mol. The van der Waals surface area contributed by atoms with Gasteiger partial charge in [-0.2, -0.15) is 0 Å². The van der Waals surface area contributed by atoms with E-state index in [-0.39, 0.29) is 24.8 Å². The summed E-state index contributed by atoms with van der Waals surface area (Å²) in [5.74, 6) is -0.0725. The maximum atomic E-state index is 12.5. The normalized spacial score (nSPS) is 12.5. The number of fused-ring (bicyclic) bond motifs is 2. The minimum Gasteiger partial charge on any atom is -0.508 e. The summed E-state index contributed by atoms with van der Waals surface area (Å²) in [6.45, 7) is 0.244. The summed E-state index contributed by atoms with van der Waals surface area (Å²) >= 11 is 18.8. The number of hydrogen-bond acceptors (Lipinski definition) is 4. The highest BCUT2D eigenvalue weighted by Crippen LogP contribution is 2.41. The van der Waals surface area contributed by atoms with Gasteiger partial charge in [0.1, 0.15) is 11.4 Å². The average Bonchev–Trinajstić information content (AvgIpc) is 3.29. The van der Waals surface area contributed by atoms with E-state index in [1.807, 2.05) is 0 Å². The molecule has 0 saturated heterocycles. The van der Waals surface area contributed by atoms with Crippen LogP contribution in [-0.2, 0) is 6.54 Å². The van der Waals surface area contributed by atoms with Crippen LogP contribution in [0, 0.1) is 0 Å². The van der Waals surface area contributed by atoms with Crippen LogP contribution in [0.15, 0.2) is 48.5 Å². The Morgan fingerprint density at radius 3 is 2.34 bits per heavy atom. The molecule has 2 heterocycles. The molecule has 6 nitrogen and oxygen atoms in total. The summed E-state index contributed by atoms with van der Waals surface area (Å²) in [6, 6.07) is 12.9. The molecule has 2 N–H and O–H groups in total. The van der Waals surface area contributed by atoms with Crippen LogP contribution in [0.2, 0.25) is 15.1 Å². The molecule has 0 saturated carbocycles. The standard InChI is InChI=1S/C23H14Cl3NO5/c24-13-3-11(4-14(25)6-13)21-16-7-15(28)1-2-18(16)27(22(21)23(29)30)9-12-5-19-20(8-17(12)26)32-10-31-19/h1-8,28H,9-10H2,(H,29,30). The minimum absolute atomic E-state index is 0.00192. The van der Waals surface area contributed by atoms with Gasteiger partial charge in [-0.3, -0.25) is 0 Å². The van der Waals surface area contributed by atoms with Gasteiger partial charge in [-0.15, -0.1) is 0 Å². The summed E-state index contributed by atoms with van der Waals surface area (Å²) in [7, 11) is 0. The number of nitrogens with zero attached hydrogens (tertiary/aromatic N) is 1. The third-order valence-corrected chi connectivity index (χ3v) is 6.06. The second-order valence-electron chi connectivity index (χ2n) is 7.27. The number of aromatic hydroxyl groups is 1. The summed E-state index contributed by atoms with van der Waals surface area (Å²) in [4.78, 5) is 12.5. The van der Waals surface area contributed by atoms with Crippen molar-refractivity contribution in [3.05, 3.63) is 74.9 Å². The highest BCUT2D eigenvalue weighted by molar-refractivity contribution is 6.35. The minimum atomic E-state index is -1.15. The van der Waals surface area contributed by atoms with Gasteiger partial charge in [-0.1, -0.05) is 34.8 Å². The maximum Gasteiger partial charge on any atom is 0.353 e. The first kappa shape index (κ1) is 20.8. The fourth-order valence-electron chi connectivity index (χ4n) is 3.97. The Kier molecular flexibility index (Phi) is 5.08. The molecular weight excluding hydrogens is 477 g/mol. The van der Waals surface area contributed by atoms with Gasteiger partial charge in [0, 0.05) is 37.6 Å². The number of aromatic nitrogens is 1. The molecule has 3 aromatic carbocycles. The number of hydrogen-bond donors (Lipinski definition) is 2. The lowest BCUT2D eigenvalue weighted by atomic mass is 10.0. The van der Waals surface area contributed by atoms with E-state index in [2.05, 4.69) is 0 Å². The van der Waals surface area contributed by atoms with Crippen molar-refractivity contribution in [2.75, 3.05) is 6.79 Å². The Morgan fingerprint density at radius 2 is 1.66 bits per heavy atom. The Hall–Kier alpha value is -3.06. The molecule has 0 bridgehead atoms. The van der Waals surface area contributed by atoms with Crippen molar-refractivity contribution >= 4 is 51.7 Å². The predicted octanol–water partition coefficient (Wildman–Crippen LogP) is 6.45. The van der Waals surface area contributed by atoms with Crippen LogP contribution in [0.3, 0.4) is 0 Å². The van der Waals surface area contributed by atoms with Crippen molar-refractivity contribution in [1.29, 1.82) is 0 Å². The van der Waals surface area contributed by atoms with Gasteiger partial charge < -0.3 is 24.3 Å². The molecule has 0 amide bonds. The fraction of sp³-hybridized carbons (Fsp3) is 0.0870. The van der Waals surface area contributed by atoms with Gasteiger partial charge >= 0.3 is 5.97 Å². The number of carboxylic acid groups (broad SMARTS) is 1. The predicted molar refractivity (Wildman–Crippen MR) is 123 cm³/mol. The van der Waals surface area contributed by atoms with Gasteiger partial charge in [0.15, 0.2) is 11.5 Å². The number of benzene rings is 3. The number of aromatic carboxylic acids is 1. The van der Waals surface area contributed by atoms with Crippen molar-refractivity contribution in [3.8, 4) is 28.4 Å². The molecule has 1 aromatic heterocycles. The Balaban J connectivity index is 1.78. The highest BCUT2D eigenvalue weighted by atomic mass is 35.5. The van der Waals surface area contributed by atoms with Crippen molar-refractivity contribution in [1.82, 2.24) is 4.57 Å². The lowest BCUT2D eigenvalue weighted by Crippen LogP contribution is -2.11. The molecule has 0 fully saturated rings. The topological polar surface area (TPSA) is 80.9 Å². The molecular formula is C23H14Cl3NO5. The zero-order valence-electron chi connectivity index (χ0n) is 16.2. The first-order chi connectivity index (χ1) is 15.3. The number of carbonyl (C=O) groups is 1. The van der Waals surface area contributed by atoms with E-state index in [4.69, 9.17) is 44.3 Å². The fourth-order valence-corrected chi connectivity index (χ4v) is 4.71. The van der Waals surface area contributed by atoms with E-state index in [0.717, 1.165) is 0 Å². The summed E-state index contributed by atoms with van der Waals surface area (Å²) in [5.41, 5.74) is 2.17. The molecule has 162 valence electrons. The maximum absolute atomic E-state index is 12.5. The third kappa shape index (κ3) is 3.50. The Morgan fingerprint density at radius 1 is 0.969 bits per heavy atom. The van der Waals surface area contributed by atoms with Gasteiger partial charge in [0.25, 0.3) is 0 Å². The second-order valence-corrected chi connectivity index (χ2v) is 8.55. The first-order valence-corrected chi connectivity index (χ1v) is 10.6. The third-order valence-electron chi connectivity index (χ3n) is 5.27. The van der Waals surface area contributed by atoms with E-state index in [0.29, 0.717) is 54.2 Å². The zero-order chi connectivity index (χ0) is 22.6. The number of carboxylic acids is 1. The van der Waals surface area contributed by atoms with Gasteiger partial charge in [0.2, 0.25) is 6.79 Å². The molecule has 32 heavy (non-hydrogen) atoms. The van der Waals surface area contributed by atoms with E-state index in [1.165, 1.54) is 12.1 Å². The van der Waals surface area contributed by atoms with E-state index in [9.17, 15) is 15.0 Å². The Labute approximate surface area is 197 Å². The largest absolute Gasteiger partial charge is 0.508 e. The smallest absolute Gasteiger partial charge is 0.353 e. The van der Waals surface area contributed by atoms with Crippen LogP contribution in [0.5, 0.6) is 17.2 Å². The molecule has 1 aliphatic rings. The van der Waals surface area contributed by atoms with Crippen molar-refractivity contribution < 1.29 is 24.5 Å². The van der Waals surface area contributed by atoms with Gasteiger partial charge in [-0.25, -0.2) is 4.79 Å².